The molecule has 1 aliphatic rings. The third-order valence-electron chi connectivity index (χ3n) is 4.64. The molecule has 3 heterocycles. The summed E-state index contributed by atoms with van der Waals surface area (Å²) in [6.45, 7) is 5.13. The fourth-order valence-electron chi connectivity index (χ4n) is 3.54. The van der Waals surface area contributed by atoms with E-state index in [1.807, 2.05) is 19.1 Å². The lowest BCUT2D eigenvalue weighted by Crippen LogP contribution is -2.45. The maximum Gasteiger partial charge on any atom is 0.162 e. The SMILES string of the molecule is Cc1cc(Cl)cc(O)c1-c1cc2ccn(CC3CN(C)C3)c2nn1.Cl. The predicted molar refractivity (Wildman–Crippen MR) is 103 cm³/mol. The van der Waals surface area contributed by atoms with Gasteiger partial charge < -0.3 is 14.6 Å². The van der Waals surface area contributed by atoms with Crippen LogP contribution in [0.1, 0.15) is 5.56 Å². The summed E-state index contributed by atoms with van der Waals surface area (Å²) in [6, 6.07) is 7.38. The smallest absolute Gasteiger partial charge is 0.162 e. The Hall–Kier alpha value is -1.82. The molecular formula is C18H20Cl2N4O. The Kier molecular flexibility index (Phi) is 4.91. The minimum atomic E-state index is 0. The molecule has 0 unspecified atom stereocenters. The largest absolute Gasteiger partial charge is 0.507 e. The summed E-state index contributed by atoms with van der Waals surface area (Å²) in [5, 5.41) is 20.5. The van der Waals surface area contributed by atoms with Gasteiger partial charge in [0.15, 0.2) is 5.65 Å². The lowest BCUT2D eigenvalue weighted by molar-refractivity contribution is 0.120. The fourth-order valence-corrected chi connectivity index (χ4v) is 3.80. The number of rotatable bonds is 3. The van der Waals surface area contributed by atoms with E-state index in [2.05, 4.69) is 39.0 Å². The zero-order valence-corrected chi connectivity index (χ0v) is 15.7. The first-order valence-corrected chi connectivity index (χ1v) is 8.39. The van der Waals surface area contributed by atoms with Gasteiger partial charge in [0.05, 0.1) is 5.69 Å². The standard InChI is InChI=1S/C18H19ClN4O.ClH/c1-11-5-14(19)7-16(24)17(11)15-6-13-3-4-23(18(13)21-20-15)10-12-8-22(2)9-12;/h3-7,12,24H,8-10H2,1-2H3;1H. The molecule has 7 heteroatoms. The highest BCUT2D eigenvalue weighted by Gasteiger charge is 2.24. The van der Waals surface area contributed by atoms with Crippen molar-refractivity contribution in [2.45, 2.75) is 13.5 Å². The van der Waals surface area contributed by atoms with Gasteiger partial charge in [0.2, 0.25) is 0 Å². The number of aryl methyl sites for hydroxylation is 1. The molecule has 0 saturated carbocycles. The zero-order chi connectivity index (χ0) is 16.8. The van der Waals surface area contributed by atoms with Crippen LogP contribution >= 0.6 is 24.0 Å². The average Bonchev–Trinajstić information content (AvgIpc) is 2.87. The van der Waals surface area contributed by atoms with E-state index in [1.54, 1.807) is 0 Å². The van der Waals surface area contributed by atoms with Gasteiger partial charge in [-0.2, -0.15) is 0 Å². The Morgan fingerprint density at radius 2 is 2.00 bits per heavy atom. The molecule has 2 aromatic heterocycles. The van der Waals surface area contributed by atoms with Crippen LogP contribution in [-0.2, 0) is 6.54 Å². The lowest BCUT2D eigenvalue weighted by atomic mass is 10.0. The Morgan fingerprint density at radius 1 is 1.24 bits per heavy atom. The molecule has 1 aliphatic heterocycles. The highest BCUT2D eigenvalue weighted by Crippen LogP contribution is 2.34. The maximum atomic E-state index is 10.2. The summed E-state index contributed by atoms with van der Waals surface area (Å²) in [5.74, 6) is 0.806. The molecule has 25 heavy (non-hydrogen) atoms. The predicted octanol–water partition coefficient (Wildman–Crippen LogP) is 3.75. The summed E-state index contributed by atoms with van der Waals surface area (Å²) in [5.41, 5.74) is 3.11. The van der Waals surface area contributed by atoms with E-state index in [-0.39, 0.29) is 18.2 Å². The number of likely N-dealkylation sites (tertiary alicyclic amines) is 1. The van der Waals surface area contributed by atoms with Crippen molar-refractivity contribution in [3.63, 3.8) is 0 Å². The molecule has 132 valence electrons. The summed E-state index contributed by atoms with van der Waals surface area (Å²) >= 11 is 5.98. The number of phenols is 1. The first kappa shape index (κ1) is 18.0. The Labute approximate surface area is 157 Å². The zero-order valence-electron chi connectivity index (χ0n) is 14.1. The second kappa shape index (κ2) is 6.83. The molecule has 1 N–H and O–H groups in total. The third kappa shape index (κ3) is 3.32. The molecule has 0 atom stereocenters. The minimum Gasteiger partial charge on any atom is -0.507 e. The molecule has 1 aromatic carbocycles. The van der Waals surface area contributed by atoms with E-state index in [4.69, 9.17) is 11.6 Å². The van der Waals surface area contributed by atoms with Gasteiger partial charge >= 0.3 is 0 Å². The second-order valence-corrected chi connectivity index (χ2v) is 7.12. The second-order valence-electron chi connectivity index (χ2n) is 6.68. The number of fused-ring (bicyclic) bond motifs is 1. The lowest BCUT2D eigenvalue weighted by Gasteiger charge is -2.36. The van der Waals surface area contributed by atoms with Gasteiger partial charge in [-0.25, -0.2) is 0 Å². The number of phenolic OH excluding ortho intramolecular Hbond substituents is 1. The molecule has 0 radical (unpaired) electrons. The van der Waals surface area contributed by atoms with E-state index >= 15 is 0 Å². The van der Waals surface area contributed by atoms with Gasteiger partial charge in [-0.15, -0.1) is 22.6 Å². The van der Waals surface area contributed by atoms with Crippen molar-refractivity contribution in [3.8, 4) is 17.0 Å². The molecule has 1 saturated heterocycles. The number of halogens is 2. The van der Waals surface area contributed by atoms with Crippen LogP contribution in [0.25, 0.3) is 22.3 Å². The molecule has 4 rings (SSSR count). The highest BCUT2D eigenvalue weighted by molar-refractivity contribution is 6.31. The normalized spacial score (nSPS) is 15.2. The Morgan fingerprint density at radius 3 is 2.68 bits per heavy atom. The van der Waals surface area contributed by atoms with Crippen LogP contribution in [0.2, 0.25) is 5.02 Å². The highest BCUT2D eigenvalue weighted by atomic mass is 35.5. The van der Waals surface area contributed by atoms with Crippen LogP contribution < -0.4 is 0 Å². The topological polar surface area (TPSA) is 54.2 Å². The van der Waals surface area contributed by atoms with Gasteiger partial charge in [-0.3, -0.25) is 0 Å². The number of nitrogens with zero attached hydrogens (tertiary/aromatic N) is 4. The van der Waals surface area contributed by atoms with Gasteiger partial charge in [-0.05, 0) is 43.8 Å². The Bertz CT molecular complexity index is 896. The quantitative estimate of drug-likeness (QED) is 0.753. The minimum absolute atomic E-state index is 0. The van der Waals surface area contributed by atoms with Crippen molar-refractivity contribution < 1.29 is 5.11 Å². The van der Waals surface area contributed by atoms with Crippen LogP contribution in [0.5, 0.6) is 5.75 Å². The van der Waals surface area contributed by atoms with Crippen LogP contribution in [0, 0.1) is 12.8 Å². The number of hydrogen-bond acceptors (Lipinski definition) is 4. The molecule has 5 nitrogen and oxygen atoms in total. The van der Waals surface area contributed by atoms with Crippen molar-refractivity contribution in [1.82, 2.24) is 19.7 Å². The van der Waals surface area contributed by atoms with Crippen molar-refractivity contribution in [3.05, 3.63) is 41.0 Å². The Balaban J connectivity index is 0.00000182. The molecule has 0 spiro atoms. The summed E-state index contributed by atoms with van der Waals surface area (Å²) in [6.07, 6.45) is 2.07. The van der Waals surface area contributed by atoms with Crippen LogP contribution in [0.3, 0.4) is 0 Å². The molecule has 1 fully saturated rings. The van der Waals surface area contributed by atoms with Crippen LogP contribution in [0.15, 0.2) is 30.5 Å². The van der Waals surface area contributed by atoms with Crippen molar-refractivity contribution in [2.75, 3.05) is 20.1 Å². The van der Waals surface area contributed by atoms with E-state index in [0.717, 1.165) is 36.2 Å². The molecule has 0 amide bonds. The van der Waals surface area contributed by atoms with Crippen LogP contribution in [0.4, 0.5) is 0 Å². The van der Waals surface area contributed by atoms with E-state index < -0.39 is 0 Å². The van der Waals surface area contributed by atoms with Crippen molar-refractivity contribution in [1.29, 1.82) is 0 Å². The summed E-state index contributed by atoms with van der Waals surface area (Å²) in [7, 11) is 2.14. The average molecular weight is 379 g/mol. The molecular weight excluding hydrogens is 359 g/mol. The monoisotopic (exact) mass is 378 g/mol. The number of aromatic hydroxyl groups is 1. The van der Waals surface area contributed by atoms with Gasteiger partial charge in [0.25, 0.3) is 0 Å². The molecule has 0 aliphatic carbocycles. The number of hydrogen-bond donors (Lipinski definition) is 1. The molecule has 3 aromatic rings. The summed E-state index contributed by atoms with van der Waals surface area (Å²) < 4.78 is 2.17. The van der Waals surface area contributed by atoms with E-state index in [9.17, 15) is 5.11 Å². The van der Waals surface area contributed by atoms with Gasteiger partial charge in [0, 0.05) is 47.7 Å². The van der Waals surface area contributed by atoms with Crippen LogP contribution in [-0.4, -0.2) is 44.9 Å². The third-order valence-corrected chi connectivity index (χ3v) is 4.86. The van der Waals surface area contributed by atoms with Crippen molar-refractivity contribution in [2.24, 2.45) is 5.92 Å². The van der Waals surface area contributed by atoms with Crippen molar-refractivity contribution >= 4 is 35.0 Å². The number of benzene rings is 1. The van der Waals surface area contributed by atoms with Gasteiger partial charge in [0.1, 0.15) is 5.75 Å². The molecule has 0 bridgehead atoms. The fraction of sp³-hybridized carbons (Fsp3) is 0.333. The van der Waals surface area contributed by atoms with E-state index in [0.29, 0.717) is 22.2 Å². The first-order chi connectivity index (χ1) is 11.5. The first-order valence-electron chi connectivity index (χ1n) is 8.02. The van der Waals surface area contributed by atoms with E-state index in [1.165, 1.54) is 6.07 Å². The maximum absolute atomic E-state index is 10.2. The summed E-state index contributed by atoms with van der Waals surface area (Å²) in [4.78, 5) is 2.31. The van der Waals surface area contributed by atoms with Gasteiger partial charge in [-0.1, -0.05) is 11.6 Å². The number of aromatic nitrogens is 3.